The van der Waals surface area contributed by atoms with Gasteiger partial charge in [0, 0.05) is 11.1 Å². The van der Waals surface area contributed by atoms with Gasteiger partial charge in [0.15, 0.2) is 23.0 Å². The maximum atomic E-state index is 12.0. The van der Waals surface area contributed by atoms with Gasteiger partial charge in [-0.3, -0.25) is 0 Å². The second kappa shape index (κ2) is 11.5. The summed E-state index contributed by atoms with van der Waals surface area (Å²) >= 11 is 0. The van der Waals surface area contributed by atoms with Crippen molar-refractivity contribution in [2.45, 2.75) is 45.8 Å². The summed E-state index contributed by atoms with van der Waals surface area (Å²) in [4.78, 5) is 0. The van der Waals surface area contributed by atoms with Crippen LogP contribution in [0.3, 0.4) is 0 Å². The van der Waals surface area contributed by atoms with E-state index < -0.39 is 11.7 Å². The largest absolute Gasteiger partial charge is 0.493 e. The molecule has 3 rings (SSSR count). The Labute approximate surface area is 220 Å². The van der Waals surface area contributed by atoms with Crippen LogP contribution in [0.4, 0.5) is 0 Å². The van der Waals surface area contributed by atoms with Crippen molar-refractivity contribution in [2.75, 3.05) is 49.3 Å². The van der Waals surface area contributed by atoms with Crippen molar-refractivity contribution >= 4 is 0 Å². The minimum absolute atomic E-state index is 0.211. The average molecular weight is 517 g/mol. The normalized spacial score (nSPS) is 21.2. The summed E-state index contributed by atoms with van der Waals surface area (Å²) in [6, 6.07) is 3.77. The molecule has 2 aromatic carbocycles. The molecular formula is C29H40O8. The summed E-state index contributed by atoms with van der Waals surface area (Å²) < 4.78 is 41.2. The van der Waals surface area contributed by atoms with Crippen LogP contribution in [-0.2, 0) is 11.2 Å². The molecule has 0 bridgehead atoms. The predicted molar refractivity (Wildman–Crippen MR) is 143 cm³/mol. The van der Waals surface area contributed by atoms with Crippen molar-refractivity contribution in [2.24, 2.45) is 5.92 Å². The summed E-state index contributed by atoms with van der Waals surface area (Å²) in [5.74, 6) is 2.57. The highest BCUT2D eigenvalue weighted by Gasteiger charge is 2.45. The zero-order valence-electron chi connectivity index (χ0n) is 23.6. The van der Waals surface area contributed by atoms with E-state index in [1.807, 2.05) is 45.9 Å². The molecular weight excluding hydrogens is 476 g/mol. The number of allylic oxidation sites excluding steroid dienone is 1. The van der Waals surface area contributed by atoms with Gasteiger partial charge in [0.2, 0.25) is 11.5 Å². The average Bonchev–Trinajstić information content (AvgIpc) is 2.90. The minimum atomic E-state index is -1.26. The molecule has 0 aliphatic heterocycles. The first-order valence-electron chi connectivity index (χ1n) is 12.3. The maximum Gasteiger partial charge on any atom is 0.203 e. The fourth-order valence-electron chi connectivity index (χ4n) is 4.95. The Balaban J connectivity index is 2.57. The lowest BCUT2D eigenvalue weighted by atomic mass is 9.73. The van der Waals surface area contributed by atoms with E-state index >= 15 is 0 Å². The van der Waals surface area contributed by atoms with Crippen molar-refractivity contribution in [3.63, 3.8) is 0 Å². The SMILES string of the molecule is C/C=C(/C)COC1c2cc(OC)c(OC)c(OC)c2-c2c(cc(OC)c(OC)c2OC)C[C@H](C)[C@]1(C)O. The monoisotopic (exact) mass is 516 g/mol. The Morgan fingerprint density at radius 3 is 1.86 bits per heavy atom. The molecule has 0 heterocycles. The Morgan fingerprint density at radius 1 is 0.865 bits per heavy atom. The molecule has 3 atom stereocenters. The van der Waals surface area contributed by atoms with Crippen LogP contribution in [0.15, 0.2) is 23.8 Å². The fraction of sp³-hybridized carbons (Fsp3) is 0.517. The molecule has 1 aliphatic rings. The molecule has 204 valence electrons. The van der Waals surface area contributed by atoms with Crippen LogP contribution in [0.2, 0.25) is 0 Å². The molecule has 1 unspecified atom stereocenters. The number of ether oxygens (including phenoxy) is 7. The molecule has 2 aromatic rings. The summed E-state index contributed by atoms with van der Waals surface area (Å²) in [6.07, 6.45) is 1.78. The van der Waals surface area contributed by atoms with Gasteiger partial charge >= 0.3 is 0 Å². The number of hydrogen-bond acceptors (Lipinski definition) is 8. The predicted octanol–water partition coefficient (Wildman–Crippen LogP) is 5.37. The standard InChI is InChI=1S/C29H40O8/c1-11-16(2)15-37-28-19-14-21(32-6)25(34-8)27(36-10)23(19)22-18(12-17(3)29(28,4)30)13-20(31-5)24(33-7)26(22)35-9/h11,13-14,17,28,30H,12,15H2,1-10H3/b16-11-/t17-,28?,29-/m0/s1. The van der Waals surface area contributed by atoms with Crippen molar-refractivity contribution in [1.82, 2.24) is 0 Å². The third-order valence-electron chi connectivity index (χ3n) is 7.33. The molecule has 0 saturated heterocycles. The number of benzene rings is 2. The van der Waals surface area contributed by atoms with Crippen molar-refractivity contribution < 1.29 is 38.3 Å². The first kappa shape index (κ1) is 28.5. The second-order valence-electron chi connectivity index (χ2n) is 9.45. The molecule has 0 fully saturated rings. The van der Waals surface area contributed by atoms with E-state index in [9.17, 15) is 5.11 Å². The number of methoxy groups -OCH3 is 6. The number of hydrogen-bond donors (Lipinski definition) is 1. The van der Waals surface area contributed by atoms with Gasteiger partial charge < -0.3 is 38.3 Å². The van der Waals surface area contributed by atoms with Gasteiger partial charge in [0.25, 0.3) is 0 Å². The Bertz CT molecular complexity index is 1150. The summed E-state index contributed by atoms with van der Waals surface area (Å²) in [6.45, 7) is 8.12. The molecule has 0 saturated carbocycles. The summed E-state index contributed by atoms with van der Waals surface area (Å²) in [5.41, 5.74) is 2.79. The summed E-state index contributed by atoms with van der Waals surface area (Å²) in [5, 5.41) is 12.0. The lowest BCUT2D eigenvalue weighted by Crippen LogP contribution is -2.43. The highest BCUT2D eigenvalue weighted by atomic mass is 16.5. The lowest BCUT2D eigenvalue weighted by Gasteiger charge is -2.41. The molecule has 0 radical (unpaired) electrons. The van der Waals surface area contributed by atoms with E-state index in [0.717, 1.165) is 16.7 Å². The number of aliphatic hydroxyl groups is 1. The van der Waals surface area contributed by atoms with Gasteiger partial charge in [-0.15, -0.1) is 0 Å². The quantitative estimate of drug-likeness (QED) is 0.445. The molecule has 1 aliphatic carbocycles. The molecule has 37 heavy (non-hydrogen) atoms. The maximum absolute atomic E-state index is 12.0. The third kappa shape index (κ3) is 4.92. The molecule has 0 amide bonds. The van der Waals surface area contributed by atoms with E-state index in [4.69, 9.17) is 33.2 Å². The highest BCUT2D eigenvalue weighted by Crippen LogP contribution is 2.58. The smallest absolute Gasteiger partial charge is 0.203 e. The summed E-state index contributed by atoms with van der Waals surface area (Å²) in [7, 11) is 9.44. The highest BCUT2D eigenvalue weighted by molar-refractivity contribution is 5.88. The molecule has 8 heteroatoms. The van der Waals surface area contributed by atoms with Crippen LogP contribution in [0.1, 0.15) is 44.9 Å². The molecule has 8 nitrogen and oxygen atoms in total. The molecule has 1 N–H and O–H groups in total. The van der Waals surface area contributed by atoms with E-state index in [1.54, 1.807) is 42.7 Å². The van der Waals surface area contributed by atoms with Gasteiger partial charge in [-0.05, 0) is 56.4 Å². The van der Waals surface area contributed by atoms with Crippen molar-refractivity contribution in [3.8, 4) is 45.6 Å². The lowest BCUT2D eigenvalue weighted by molar-refractivity contribution is -0.125. The number of rotatable bonds is 9. The van der Waals surface area contributed by atoms with Crippen LogP contribution in [0.25, 0.3) is 11.1 Å². The van der Waals surface area contributed by atoms with E-state index in [0.29, 0.717) is 58.7 Å². The first-order chi connectivity index (χ1) is 17.6. The van der Waals surface area contributed by atoms with Crippen molar-refractivity contribution in [1.29, 1.82) is 0 Å². The minimum Gasteiger partial charge on any atom is -0.493 e. The topological polar surface area (TPSA) is 84.8 Å². The van der Waals surface area contributed by atoms with Crippen LogP contribution in [0.5, 0.6) is 34.5 Å². The Morgan fingerprint density at radius 2 is 1.38 bits per heavy atom. The first-order valence-corrected chi connectivity index (χ1v) is 12.3. The Kier molecular flexibility index (Phi) is 8.87. The van der Waals surface area contributed by atoms with Crippen molar-refractivity contribution in [3.05, 3.63) is 34.9 Å². The van der Waals surface area contributed by atoms with Crippen LogP contribution in [-0.4, -0.2) is 60.0 Å². The van der Waals surface area contributed by atoms with Crippen LogP contribution < -0.4 is 28.4 Å². The zero-order valence-corrected chi connectivity index (χ0v) is 23.6. The number of fused-ring (bicyclic) bond motifs is 3. The van der Waals surface area contributed by atoms with E-state index in [1.165, 1.54) is 0 Å². The van der Waals surface area contributed by atoms with Crippen LogP contribution in [0, 0.1) is 5.92 Å². The molecule has 0 spiro atoms. The molecule has 0 aromatic heterocycles. The Hall–Kier alpha value is -3.10. The van der Waals surface area contributed by atoms with Gasteiger partial charge in [-0.25, -0.2) is 0 Å². The van der Waals surface area contributed by atoms with Crippen LogP contribution >= 0.6 is 0 Å². The third-order valence-corrected chi connectivity index (χ3v) is 7.33. The zero-order chi connectivity index (χ0) is 27.5. The van der Waals surface area contributed by atoms with Gasteiger partial charge in [-0.1, -0.05) is 18.6 Å². The van der Waals surface area contributed by atoms with Gasteiger partial charge in [0.1, 0.15) is 6.10 Å². The van der Waals surface area contributed by atoms with Gasteiger partial charge in [-0.2, -0.15) is 0 Å². The van der Waals surface area contributed by atoms with Gasteiger partial charge in [0.05, 0.1) is 54.9 Å². The van der Waals surface area contributed by atoms with E-state index in [-0.39, 0.29) is 5.92 Å². The fourth-order valence-corrected chi connectivity index (χ4v) is 4.95. The second-order valence-corrected chi connectivity index (χ2v) is 9.45. The van der Waals surface area contributed by atoms with E-state index in [2.05, 4.69) is 0 Å².